The van der Waals surface area contributed by atoms with Crippen LogP contribution in [0.25, 0.3) is 27.8 Å². The van der Waals surface area contributed by atoms with E-state index in [9.17, 15) is 8.78 Å². The molecule has 1 nitrogen and oxygen atoms in total. The number of ether oxygens (including phenoxy) is 1. The van der Waals surface area contributed by atoms with Crippen LogP contribution in [0.3, 0.4) is 0 Å². The fourth-order valence-corrected chi connectivity index (χ4v) is 5.62. The molecule has 4 rings (SSSR count). The minimum Gasteiger partial charge on any atom is -0.490 e. The highest BCUT2D eigenvalue weighted by Gasteiger charge is 2.18. The molecule has 3 aromatic carbocycles. The van der Waals surface area contributed by atoms with Crippen molar-refractivity contribution in [1.29, 1.82) is 0 Å². The molecule has 0 saturated carbocycles. The van der Waals surface area contributed by atoms with Crippen molar-refractivity contribution in [3.63, 3.8) is 0 Å². The van der Waals surface area contributed by atoms with E-state index in [2.05, 4.69) is 32.1 Å². The molecule has 41 heavy (non-hydrogen) atoms. The first kappa shape index (κ1) is 30.7. The standard InChI is InChI=1S/C37H43F3O/c1-3-5-7-8-9-11-25-41-35-24-23-33(36(39)37(35)40)30-19-17-29(18-20-30)32-22-21-31(26-34(32)38)28-15-13-27(14-16-28)12-10-6-4-2/h4,6,15,17-24,26-27H,3,5,7-14,16,25H2,1-2H3/b6-4+. The Kier molecular flexibility index (Phi) is 11.7. The quantitative estimate of drug-likeness (QED) is 0.141. The zero-order valence-corrected chi connectivity index (χ0v) is 24.5. The third kappa shape index (κ3) is 8.38. The molecule has 0 bridgehead atoms. The molecule has 0 N–H and O–H groups in total. The molecule has 0 spiro atoms. The van der Waals surface area contributed by atoms with Gasteiger partial charge in [0.2, 0.25) is 5.82 Å². The summed E-state index contributed by atoms with van der Waals surface area (Å²) >= 11 is 0. The summed E-state index contributed by atoms with van der Waals surface area (Å²) in [5.41, 5.74) is 4.02. The Balaban J connectivity index is 1.38. The van der Waals surface area contributed by atoms with Crippen LogP contribution in [-0.4, -0.2) is 6.61 Å². The molecule has 1 aliphatic carbocycles. The van der Waals surface area contributed by atoms with Crippen molar-refractivity contribution in [3.05, 3.63) is 95.8 Å². The van der Waals surface area contributed by atoms with E-state index in [-0.39, 0.29) is 17.1 Å². The van der Waals surface area contributed by atoms with Crippen LogP contribution in [-0.2, 0) is 0 Å². The van der Waals surface area contributed by atoms with Crippen molar-refractivity contribution < 1.29 is 17.9 Å². The van der Waals surface area contributed by atoms with Crippen molar-refractivity contribution in [2.45, 2.75) is 84.5 Å². The van der Waals surface area contributed by atoms with Crippen LogP contribution in [0.1, 0.15) is 90.0 Å². The first-order valence-corrected chi connectivity index (χ1v) is 15.3. The lowest BCUT2D eigenvalue weighted by Gasteiger charge is -2.22. The van der Waals surface area contributed by atoms with Gasteiger partial charge in [-0.1, -0.05) is 93.7 Å². The Morgan fingerprint density at radius 1 is 0.805 bits per heavy atom. The Morgan fingerprint density at radius 3 is 2.17 bits per heavy atom. The molecule has 3 aromatic rings. The van der Waals surface area contributed by atoms with Crippen LogP contribution in [0.4, 0.5) is 13.2 Å². The molecule has 0 saturated heterocycles. The number of rotatable bonds is 14. The van der Waals surface area contributed by atoms with Gasteiger partial charge >= 0.3 is 0 Å². The van der Waals surface area contributed by atoms with E-state index < -0.39 is 11.6 Å². The van der Waals surface area contributed by atoms with Crippen LogP contribution in [0.5, 0.6) is 5.75 Å². The van der Waals surface area contributed by atoms with E-state index in [1.165, 1.54) is 37.3 Å². The van der Waals surface area contributed by atoms with E-state index in [1.807, 2.05) is 12.1 Å². The highest BCUT2D eigenvalue weighted by Crippen LogP contribution is 2.35. The summed E-state index contributed by atoms with van der Waals surface area (Å²) in [6.45, 7) is 4.60. The molecule has 1 atom stereocenters. The molecule has 0 fully saturated rings. The number of benzene rings is 3. The van der Waals surface area contributed by atoms with Crippen LogP contribution < -0.4 is 4.74 Å². The molecule has 0 amide bonds. The zero-order chi connectivity index (χ0) is 29.0. The summed E-state index contributed by atoms with van der Waals surface area (Å²) in [7, 11) is 0. The van der Waals surface area contributed by atoms with Gasteiger partial charge in [-0.25, -0.2) is 8.78 Å². The van der Waals surface area contributed by atoms with Crippen LogP contribution in [0.2, 0.25) is 0 Å². The van der Waals surface area contributed by atoms with Gasteiger partial charge in [0.15, 0.2) is 11.6 Å². The van der Waals surface area contributed by atoms with E-state index in [4.69, 9.17) is 4.74 Å². The summed E-state index contributed by atoms with van der Waals surface area (Å²) in [4.78, 5) is 0. The Bertz CT molecular complexity index is 1320. The Hall–Kier alpha value is -3.27. The summed E-state index contributed by atoms with van der Waals surface area (Å²) in [5, 5.41) is 0. The average Bonchev–Trinajstić information content (AvgIpc) is 2.99. The monoisotopic (exact) mass is 560 g/mol. The molecule has 1 aliphatic rings. The molecular weight excluding hydrogens is 517 g/mol. The average molecular weight is 561 g/mol. The minimum atomic E-state index is -0.972. The number of hydrogen-bond donors (Lipinski definition) is 0. The Morgan fingerprint density at radius 2 is 1.49 bits per heavy atom. The second kappa shape index (κ2) is 15.7. The van der Waals surface area contributed by atoms with Gasteiger partial charge in [-0.05, 0) is 91.8 Å². The van der Waals surface area contributed by atoms with Gasteiger partial charge in [-0.2, -0.15) is 4.39 Å². The molecule has 0 aliphatic heterocycles. The summed E-state index contributed by atoms with van der Waals surface area (Å²) in [5.74, 6) is -1.55. The highest BCUT2D eigenvalue weighted by atomic mass is 19.2. The minimum absolute atomic E-state index is 0.0594. The lowest BCUT2D eigenvalue weighted by atomic mass is 9.84. The molecule has 218 valence electrons. The van der Waals surface area contributed by atoms with Crippen molar-refractivity contribution in [3.8, 4) is 28.0 Å². The van der Waals surface area contributed by atoms with Gasteiger partial charge in [0.25, 0.3) is 0 Å². The number of unbranched alkanes of at least 4 members (excludes halogenated alkanes) is 5. The van der Waals surface area contributed by atoms with E-state index in [0.29, 0.717) is 29.2 Å². The van der Waals surface area contributed by atoms with Crippen molar-refractivity contribution >= 4 is 5.57 Å². The second-order valence-corrected chi connectivity index (χ2v) is 11.1. The van der Waals surface area contributed by atoms with E-state index in [0.717, 1.165) is 50.5 Å². The largest absolute Gasteiger partial charge is 0.490 e. The highest BCUT2D eigenvalue weighted by molar-refractivity contribution is 5.74. The van der Waals surface area contributed by atoms with Crippen LogP contribution >= 0.6 is 0 Å². The number of allylic oxidation sites excluding steroid dienone is 4. The van der Waals surface area contributed by atoms with Crippen molar-refractivity contribution in [1.82, 2.24) is 0 Å². The molecule has 1 unspecified atom stereocenters. The maximum absolute atomic E-state index is 15.2. The summed E-state index contributed by atoms with van der Waals surface area (Å²) < 4.78 is 50.4. The zero-order valence-electron chi connectivity index (χ0n) is 24.5. The number of hydrogen-bond acceptors (Lipinski definition) is 1. The molecule has 0 aromatic heterocycles. The second-order valence-electron chi connectivity index (χ2n) is 11.1. The fraction of sp³-hybridized carbons (Fsp3) is 0.405. The maximum atomic E-state index is 15.2. The Labute approximate surface area is 244 Å². The van der Waals surface area contributed by atoms with Crippen molar-refractivity contribution in [2.24, 2.45) is 5.92 Å². The predicted octanol–water partition coefficient (Wildman–Crippen LogP) is 11.7. The normalized spacial score (nSPS) is 15.3. The van der Waals surface area contributed by atoms with Gasteiger partial charge in [0, 0.05) is 11.1 Å². The van der Waals surface area contributed by atoms with E-state index >= 15 is 4.39 Å². The third-order valence-corrected chi connectivity index (χ3v) is 8.15. The van der Waals surface area contributed by atoms with Gasteiger partial charge < -0.3 is 4.74 Å². The predicted molar refractivity (Wildman–Crippen MR) is 165 cm³/mol. The molecule has 0 radical (unpaired) electrons. The molecule has 0 heterocycles. The van der Waals surface area contributed by atoms with Gasteiger partial charge in [0.05, 0.1) is 6.61 Å². The van der Waals surface area contributed by atoms with Crippen molar-refractivity contribution in [2.75, 3.05) is 6.61 Å². The lowest BCUT2D eigenvalue weighted by Crippen LogP contribution is -2.05. The topological polar surface area (TPSA) is 9.23 Å². The first-order chi connectivity index (χ1) is 20.0. The summed E-state index contributed by atoms with van der Waals surface area (Å²) in [6, 6.07) is 15.4. The SMILES string of the molecule is C/C=C/CCC1CC=C(c2ccc(-c3ccc(-c4ccc(OCCCCCCCC)c(F)c4F)cc3)c(F)c2)CC1. The maximum Gasteiger partial charge on any atom is 0.201 e. The van der Waals surface area contributed by atoms with Gasteiger partial charge in [-0.15, -0.1) is 0 Å². The summed E-state index contributed by atoms with van der Waals surface area (Å²) in [6.07, 6.45) is 18.6. The van der Waals surface area contributed by atoms with Crippen LogP contribution in [0.15, 0.2) is 72.8 Å². The third-order valence-electron chi connectivity index (χ3n) is 8.15. The number of halogens is 3. The van der Waals surface area contributed by atoms with Gasteiger partial charge in [-0.3, -0.25) is 0 Å². The first-order valence-electron chi connectivity index (χ1n) is 15.3. The lowest BCUT2D eigenvalue weighted by molar-refractivity contribution is 0.285. The van der Waals surface area contributed by atoms with Crippen LogP contribution in [0, 0.1) is 23.4 Å². The van der Waals surface area contributed by atoms with E-state index in [1.54, 1.807) is 36.4 Å². The smallest absolute Gasteiger partial charge is 0.201 e. The fourth-order valence-electron chi connectivity index (χ4n) is 5.62. The molecular formula is C37H43F3O. The molecule has 4 heteroatoms. The van der Waals surface area contributed by atoms with Gasteiger partial charge in [0.1, 0.15) is 5.82 Å².